The summed E-state index contributed by atoms with van der Waals surface area (Å²) >= 11 is 5.36. The zero-order valence-corrected chi connectivity index (χ0v) is 9.00. The molecule has 0 saturated carbocycles. The normalized spacial score (nSPS) is 16.0. The third kappa shape index (κ3) is 3.85. The predicted molar refractivity (Wildman–Crippen MR) is 56.1 cm³/mol. The summed E-state index contributed by atoms with van der Waals surface area (Å²) in [6.45, 7) is 8.90. The fourth-order valence-corrected chi connectivity index (χ4v) is 1.55. The molecule has 0 saturated heterocycles. The van der Waals surface area contributed by atoms with Crippen molar-refractivity contribution in [1.29, 1.82) is 0 Å². The van der Waals surface area contributed by atoms with E-state index in [9.17, 15) is 0 Å². The molecule has 0 fully saturated rings. The molecule has 2 atom stereocenters. The van der Waals surface area contributed by atoms with Gasteiger partial charge in [-0.3, -0.25) is 0 Å². The van der Waals surface area contributed by atoms with Crippen LogP contribution in [-0.2, 0) is 0 Å². The highest BCUT2D eigenvalue weighted by molar-refractivity contribution is 7.80. The lowest BCUT2D eigenvalue weighted by molar-refractivity contribution is 0.622. The molecule has 0 bridgehead atoms. The summed E-state index contributed by atoms with van der Waals surface area (Å²) in [5.74, 6) is 1.27. The Kier molecular flexibility index (Phi) is 5.75. The second-order valence-electron chi connectivity index (χ2n) is 3.40. The van der Waals surface area contributed by atoms with Gasteiger partial charge in [0.1, 0.15) is 0 Å². The molecular formula is C10H20S. The van der Waals surface area contributed by atoms with Crippen molar-refractivity contribution >= 4 is 17.1 Å². The van der Waals surface area contributed by atoms with Gasteiger partial charge in [0.25, 0.3) is 0 Å². The summed E-state index contributed by atoms with van der Waals surface area (Å²) in [5, 5.41) is 0. The zero-order chi connectivity index (χ0) is 8.85. The van der Waals surface area contributed by atoms with Gasteiger partial charge in [-0.25, -0.2) is 0 Å². The van der Waals surface area contributed by atoms with E-state index in [0.717, 1.165) is 0 Å². The van der Waals surface area contributed by atoms with Gasteiger partial charge in [-0.2, -0.15) is 0 Å². The van der Waals surface area contributed by atoms with Crippen LogP contribution in [0.4, 0.5) is 0 Å². The quantitative estimate of drug-likeness (QED) is 0.568. The van der Waals surface area contributed by atoms with Crippen molar-refractivity contribution in [2.75, 3.05) is 0 Å². The molecule has 2 unspecified atom stereocenters. The van der Waals surface area contributed by atoms with Gasteiger partial charge in [-0.15, -0.1) is 0 Å². The van der Waals surface area contributed by atoms with E-state index in [1.165, 1.54) is 24.1 Å². The van der Waals surface area contributed by atoms with Crippen LogP contribution in [0.15, 0.2) is 0 Å². The smallest absolute Gasteiger partial charge is 0.00153 e. The molecule has 11 heavy (non-hydrogen) atoms. The van der Waals surface area contributed by atoms with Crippen LogP contribution < -0.4 is 0 Å². The maximum Gasteiger partial charge on any atom is -0.00153 e. The van der Waals surface area contributed by atoms with Crippen LogP contribution in [0.3, 0.4) is 0 Å². The second-order valence-corrected chi connectivity index (χ2v) is 3.87. The van der Waals surface area contributed by atoms with Crippen LogP contribution in [0.2, 0.25) is 0 Å². The lowest BCUT2D eigenvalue weighted by Crippen LogP contribution is -2.16. The number of hydrogen-bond donors (Lipinski definition) is 0. The Labute approximate surface area is 76.4 Å². The van der Waals surface area contributed by atoms with Crippen LogP contribution in [0.5, 0.6) is 0 Å². The van der Waals surface area contributed by atoms with E-state index in [-0.39, 0.29) is 0 Å². The first-order valence-electron chi connectivity index (χ1n) is 4.67. The van der Waals surface area contributed by atoms with Gasteiger partial charge in [0.15, 0.2) is 0 Å². The number of rotatable bonds is 5. The van der Waals surface area contributed by atoms with Gasteiger partial charge in [-0.05, 0) is 29.5 Å². The lowest BCUT2D eigenvalue weighted by atomic mass is 9.92. The molecule has 0 aromatic heterocycles. The van der Waals surface area contributed by atoms with E-state index in [4.69, 9.17) is 12.2 Å². The first-order chi connectivity index (χ1) is 5.13. The van der Waals surface area contributed by atoms with Gasteiger partial charge in [-0.1, -0.05) is 46.3 Å². The van der Waals surface area contributed by atoms with Gasteiger partial charge < -0.3 is 0 Å². The zero-order valence-electron chi connectivity index (χ0n) is 8.18. The maximum atomic E-state index is 5.36. The molecule has 0 heterocycles. The van der Waals surface area contributed by atoms with Gasteiger partial charge in [0, 0.05) is 0 Å². The molecule has 0 aliphatic heterocycles. The standard InChI is InChI=1S/C10H20S/c1-5-7-9(4)10(11)8(3)6-2/h8-9H,5-7H2,1-4H3. The van der Waals surface area contributed by atoms with Crippen LogP contribution in [-0.4, -0.2) is 4.86 Å². The van der Waals surface area contributed by atoms with Crippen LogP contribution in [0, 0.1) is 11.8 Å². The minimum Gasteiger partial charge on any atom is -0.0891 e. The van der Waals surface area contributed by atoms with Crippen molar-refractivity contribution in [3.63, 3.8) is 0 Å². The highest BCUT2D eigenvalue weighted by Crippen LogP contribution is 2.16. The average molecular weight is 172 g/mol. The van der Waals surface area contributed by atoms with E-state index in [0.29, 0.717) is 11.8 Å². The van der Waals surface area contributed by atoms with E-state index in [1.54, 1.807) is 0 Å². The average Bonchev–Trinajstić information content (AvgIpc) is 2.02. The number of thiocarbonyl (C=S) groups is 1. The summed E-state index contributed by atoms with van der Waals surface area (Å²) in [5.41, 5.74) is 0. The minimum atomic E-state index is 0.631. The molecule has 0 amide bonds. The summed E-state index contributed by atoms with van der Waals surface area (Å²) in [4.78, 5) is 1.27. The monoisotopic (exact) mass is 172 g/mol. The van der Waals surface area contributed by atoms with Crippen molar-refractivity contribution in [3.05, 3.63) is 0 Å². The highest BCUT2D eigenvalue weighted by atomic mass is 32.1. The van der Waals surface area contributed by atoms with E-state index >= 15 is 0 Å². The fourth-order valence-electron chi connectivity index (χ4n) is 1.26. The molecule has 0 radical (unpaired) electrons. The molecule has 0 nitrogen and oxygen atoms in total. The third-order valence-corrected chi connectivity index (χ3v) is 3.11. The first kappa shape index (κ1) is 11.1. The van der Waals surface area contributed by atoms with Crippen LogP contribution in [0.1, 0.15) is 47.0 Å². The number of hydrogen-bond acceptors (Lipinski definition) is 1. The van der Waals surface area contributed by atoms with E-state index in [2.05, 4.69) is 27.7 Å². The molecule has 66 valence electrons. The van der Waals surface area contributed by atoms with Crippen molar-refractivity contribution in [2.45, 2.75) is 47.0 Å². The lowest BCUT2D eigenvalue weighted by Gasteiger charge is -2.16. The van der Waals surface area contributed by atoms with Gasteiger partial charge in [0.05, 0.1) is 0 Å². The SMILES string of the molecule is CCCC(C)C(=S)C(C)CC. The Bertz CT molecular complexity index is 118. The van der Waals surface area contributed by atoms with Crippen molar-refractivity contribution in [2.24, 2.45) is 11.8 Å². The molecule has 0 aromatic rings. The molecule has 0 aliphatic carbocycles. The van der Waals surface area contributed by atoms with Crippen LogP contribution >= 0.6 is 12.2 Å². The van der Waals surface area contributed by atoms with Crippen molar-refractivity contribution in [1.82, 2.24) is 0 Å². The fraction of sp³-hybridized carbons (Fsp3) is 0.900. The summed E-state index contributed by atoms with van der Waals surface area (Å²) in [6.07, 6.45) is 3.69. The molecular weight excluding hydrogens is 152 g/mol. The maximum absolute atomic E-state index is 5.36. The van der Waals surface area contributed by atoms with Crippen molar-refractivity contribution < 1.29 is 0 Å². The van der Waals surface area contributed by atoms with Crippen molar-refractivity contribution in [3.8, 4) is 0 Å². The molecule has 0 N–H and O–H groups in total. The van der Waals surface area contributed by atoms with Gasteiger partial charge in [0.2, 0.25) is 0 Å². The topological polar surface area (TPSA) is 0 Å². The predicted octanol–water partition coefficient (Wildman–Crippen LogP) is 3.84. The van der Waals surface area contributed by atoms with E-state index < -0.39 is 0 Å². The highest BCUT2D eigenvalue weighted by Gasteiger charge is 2.12. The van der Waals surface area contributed by atoms with E-state index in [1.807, 2.05) is 0 Å². The largest absolute Gasteiger partial charge is 0.0891 e. The van der Waals surface area contributed by atoms with Gasteiger partial charge >= 0.3 is 0 Å². The molecule has 0 aliphatic rings. The Morgan fingerprint density at radius 3 is 2.09 bits per heavy atom. The molecule has 1 heteroatoms. The third-order valence-electron chi connectivity index (χ3n) is 2.31. The summed E-state index contributed by atoms with van der Waals surface area (Å²) in [7, 11) is 0. The summed E-state index contributed by atoms with van der Waals surface area (Å²) in [6, 6.07) is 0. The Hall–Kier alpha value is 0.0900. The molecule has 0 aromatic carbocycles. The minimum absolute atomic E-state index is 0.631. The molecule has 0 rings (SSSR count). The Balaban J connectivity index is 3.81. The summed E-state index contributed by atoms with van der Waals surface area (Å²) < 4.78 is 0. The second kappa shape index (κ2) is 5.70. The molecule has 0 spiro atoms. The Morgan fingerprint density at radius 1 is 1.18 bits per heavy atom. The first-order valence-corrected chi connectivity index (χ1v) is 5.08. The van der Waals surface area contributed by atoms with Crippen LogP contribution in [0.25, 0.3) is 0 Å². The Morgan fingerprint density at radius 2 is 1.73 bits per heavy atom.